The number of nitrogens with zero attached hydrogens (tertiary/aromatic N) is 2. The van der Waals surface area contributed by atoms with Gasteiger partial charge in [0.15, 0.2) is 5.16 Å². The summed E-state index contributed by atoms with van der Waals surface area (Å²) in [5, 5.41) is 8.86. The van der Waals surface area contributed by atoms with E-state index in [1.165, 1.54) is 12.1 Å². The zero-order valence-electron chi connectivity index (χ0n) is 32.9. The van der Waals surface area contributed by atoms with Crippen LogP contribution >= 0.6 is 19.0 Å². The lowest BCUT2D eigenvalue weighted by molar-refractivity contribution is -0.146. The minimum atomic E-state index is -4.68. The molecular weight excluding hydrogens is 748 g/mol. The highest BCUT2D eigenvalue weighted by atomic mass is 35.5. The first-order valence-corrected chi connectivity index (χ1v) is 20.3. The average molecular weight is 803 g/mol. The van der Waals surface area contributed by atoms with Crippen LogP contribution in [0.15, 0.2) is 42.5 Å². The van der Waals surface area contributed by atoms with Gasteiger partial charge in [0.05, 0.1) is 17.2 Å². The molecule has 1 fully saturated rings. The molecular formula is C39H55ClF3N2O8P. The van der Waals surface area contributed by atoms with E-state index in [0.29, 0.717) is 11.1 Å². The zero-order chi connectivity index (χ0) is 41.1. The van der Waals surface area contributed by atoms with E-state index in [2.05, 4.69) is 0 Å². The molecule has 2 aromatic rings. The Morgan fingerprint density at radius 2 is 1.52 bits per heavy atom. The summed E-state index contributed by atoms with van der Waals surface area (Å²) in [6, 6.07) is 9.77. The molecule has 1 aliphatic rings. The van der Waals surface area contributed by atoms with Crippen LogP contribution in [-0.4, -0.2) is 81.3 Å². The van der Waals surface area contributed by atoms with Gasteiger partial charge >= 0.3 is 24.3 Å². The zero-order valence-corrected chi connectivity index (χ0v) is 34.6. The van der Waals surface area contributed by atoms with Crippen LogP contribution in [0, 0.1) is 5.41 Å². The Kier molecular flexibility index (Phi) is 14.2. The molecule has 10 nitrogen and oxygen atoms in total. The van der Waals surface area contributed by atoms with Gasteiger partial charge in [-0.15, -0.1) is 0 Å². The summed E-state index contributed by atoms with van der Waals surface area (Å²) in [5.41, 5.74) is -2.16. The second-order valence-electron chi connectivity index (χ2n) is 16.7. The fourth-order valence-electron chi connectivity index (χ4n) is 7.20. The van der Waals surface area contributed by atoms with Crippen molar-refractivity contribution in [3.63, 3.8) is 0 Å². The molecule has 1 N–H and O–H groups in total. The Balaban J connectivity index is 2.06. The van der Waals surface area contributed by atoms with Gasteiger partial charge in [-0.1, -0.05) is 62.7 Å². The average Bonchev–Trinajstić information content (AvgIpc) is 3.00. The molecule has 0 saturated carbocycles. The highest BCUT2D eigenvalue weighted by Crippen LogP contribution is 2.67. The summed E-state index contributed by atoms with van der Waals surface area (Å²) in [6.45, 7) is 17.4. The fourth-order valence-corrected chi connectivity index (χ4v) is 10.8. The van der Waals surface area contributed by atoms with Gasteiger partial charge in [0, 0.05) is 31.8 Å². The molecule has 54 heavy (non-hydrogen) atoms. The number of carboxylic acid groups (broad SMARTS) is 1. The van der Waals surface area contributed by atoms with Crippen LogP contribution < -0.4 is 0 Å². The Hall–Kier alpha value is -3.12. The minimum absolute atomic E-state index is 0.00910. The fraction of sp³-hybridized carbons (Fsp3) is 0.615. The first-order valence-electron chi connectivity index (χ1n) is 18.1. The quantitative estimate of drug-likeness (QED) is 0.175. The lowest BCUT2D eigenvalue weighted by Crippen LogP contribution is -2.66. The molecule has 0 spiro atoms. The summed E-state index contributed by atoms with van der Waals surface area (Å²) in [6.07, 6.45) is -6.44. The number of benzene rings is 2. The Labute approximate surface area is 322 Å². The van der Waals surface area contributed by atoms with Crippen LogP contribution in [0.25, 0.3) is 11.1 Å². The number of rotatable bonds is 11. The molecule has 0 aliphatic carbocycles. The standard InChI is InChI=1S/C39H55ClF3N2O8P/c1-11-51-54(50)23-22-44(25-27-16-12-13-17-28(27)26-18-19-30(40)29(24-26)39(41,42)43)31(35(2,3)4)38(54,32(46)47)20-14-15-21-45(33(48)52-36(5,6)7)34(49)53-37(8,9)10/h12-13,16-19,24,31H,11,14-15,20-23,25H2,1-10H3,(H,46,47). The molecule has 2 amide bonds. The third-order valence-electron chi connectivity index (χ3n) is 9.03. The van der Waals surface area contributed by atoms with Gasteiger partial charge in [0.1, 0.15) is 11.2 Å². The summed E-state index contributed by atoms with van der Waals surface area (Å²) in [7, 11) is -3.94. The van der Waals surface area contributed by atoms with Crippen LogP contribution in [-0.2, 0) is 36.1 Å². The number of aliphatic carboxylic acids is 1. The SMILES string of the molecule is CCOP1(=O)CCN(Cc2ccccc2-c2ccc(Cl)c(C(F)(F)F)c2)C(C(C)(C)C)C1(CCCCN(C(=O)OC(C)(C)C)C(=O)OC(C)(C)C)C(=O)O. The van der Waals surface area contributed by atoms with E-state index in [1.807, 2.05) is 25.7 Å². The molecule has 1 aliphatic heterocycles. The lowest BCUT2D eigenvalue weighted by Gasteiger charge is -2.55. The Morgan fingerprint density at radius 1 is 0.944 bits per heavy atom. The predicted molar refractivity (Wildman–Crippen MR) is 203 cm³/mol. The van der Waals surface area contributed by atoms with Crippen LogP contribution in [0.1, 0.15) is 99.6 Å². The van der Waals surface area contributed by atoms with E-state index in [1.54, 1.807) is 72.7 Å². The molecule has 0 radical (unpaired) electrons. The normalized spacial score (nSPS) is 21.4. The Bertz CT molecular complexity index is 1690. The summed E-state index contributed by atoms with van der Waals surface area (Å²) < 4.78 is 73.4. The topological polar surface area (TPSA) is 123 Å². The van der Waals surface area contributed by atoms with Crippen molar-refractivity contribution in [2.24, 2.45) is 5.41 Å². The van der Waals surface area contributed by atoms with Crippen molar-refractivity contribution < 1.29 is 51.2 Å². The maximum Gasteiger partial charge on any atom is 0.419 e. The molecule has 3 unspecified atom stereocenters. The molecule has 3 atom stereocenters. The van der Waals surface area contributed by atoms with Crippen molar-refractivity contribution >= 4 is 37.1 Å². The summed E-state index contributed by atoms with van der Waals surface area (Å²) >= 11 is 5.93. The summed E-state index contributed by atoms with van der Waals surface area (Å²) in [4.78, 5) is 42.8. The van der Waals surface area contributed by atoms with Crippen LogP contribution in [0.4, 0.5) is 22.8 Å². The highest BCUT2D eigenvalue weighted by Gasteiger charge is 2.66. The number of carbonyl (C=O) groups excluding carboxylic acids is 2. The van der Waals surface area contributed by atoms with Crippen LogP contribution in [0.3, 0.4) is 0 Å². The van der Waals surface area contributed by atoms with E-state index < -0.39 is 70.1 Å². The number of hydrogen-bond donors (Lipinski definition) is 1. The van der Waals surface area contributed by atoms with E-state index in [0.717, 1.165) is 11.0 Å². The van der Waals surface area contributed by atoms with Crippen LogP contribution in [0.5, 0.6) is 0 Å². The van der Waals surface area contributed by atoms with E-state index in [-0.39, 0.29) is 57.2 Å². The molecule has 2 aromatic carbocycles. The molecule has 3 rings (SSSR count). The second kappa shape index (κ2) is 16.9. The van der Waals surface area contributed by atoms with Gasteiger partial charge in [-0.05, 0) is 102 Å². The number of ether oxygens (including phenoxy) is 2. The predicted octanol–water partition coefficient (Wildman–Crippen LogP) is 10.7. The first-order chi connectivity index (χ1) is 24.7. The van der Waals surface area contributed by atoms with Crippen molar-refractivity contribution in [2.75, 3.05) is 25.9 Å². The number of amides is 2. The minimum Gasteiger partial charge on any atom is -0.480 e. The van der Waals surface area contributed by atoms with E-state index in [4.69, 9.17) is 25.6 Å². The smallest absolute Gasteiger partial charge is 0.419 e. The number of imide groups is 1. The third-order valence-corrected chi connectivity index (χ3v) is 12.7. The Morgan fingerprint density at radius 3 is 2.02 bits per heavy atom. The van der Waals surface area contributed by atoms with Gasteiger partial charge in [-0.3, -0.25) is 14.3 Å². The molecule has 1 heterocycles. The monoisotopic (exact) mass is 802 g/mol. The summed E-state index contributed by atoms with van der Waals surface area (Å²) in [5.74, 6) is -1.30. The number of hydrogen-bond acceptors (Lipinski definition) is 8. The molecule has 0 aromatic heterocycles. The van der Waals surface area contributed by atoms with Gasteiger partial charge in [-0.2, -0.15) is 13.2 Å². The largest absolute Gasteiger partial charge is 0.480 e. The van der Waals surface area contributed by atoms with E-state index in [9.17, 15) is 37.2 Å². The number of carboxylic acids is 1. The maximum absolute atomic E-state index is 15.0. The molecule has 15 heteroatoms. The van der Waals surface area contributed by atoms with Crippen molar-refractivity contribution in [2.45, 2.75) is 124 Å². The van der Waals surface area contributed by atoms with Gasteiger partial charge in [0.2, 0.25) is 7.37 Å². The van der Waals surface area contributed by atoms with Crippen LogP contribution in [0.2, 0.25) is 5.02 Å². The molecule has 1 saturated heterocycles. The van der Waals surface area contributed by atoms with E-state index >= 15 is 0 Å². The van der Waals surface area contributed by atoms with Gasteiger partial charge < -0.3 is 19.1 Å². The van der Waals surface area contributed by atoms with Gasteiger partial charge in [0.25, 0.3) is 0 Å². The molecule has 302 valence electrons. The number of alkyl halides is 3. The number of unbranched alkanes of at least 4 members (excludes halogenated alkanes) is 1. The van der Waals surface area contributed by atoms with Crippen molar-refractivity contribution in [1.82, 2.24) is 9.80 Å². The van der Waals surface area contributed by atoms with Gasteiger partial charge in [-0.25, -0.2) is 14.5 Å². The molecule has 0 bridgehead atoms. The lowest BCUT2D eigenvalue weighted by atomic mass is 9.74. The van der Waals surface area contributed by atoms with Crippen molar-refractivity contribution in [1.29, 1.82) is 0 Å². The number of carbonyl (C=O) groups is 3. The maximum atomic E-state index is 15.0. The highest BCUT2D eigenvalue weighted by molar-refractivity contribution is 7.62. The first kappa shape index (κ1) is 45.3. The number of halogens is 4. The van der Waals surface area contributed by atoms with Crippen molar-refractivity contribution in [3.8, 4) is 11.1 Å². The van der Waals surface area contributed by atoms with Crippen molar-refractivity contribution in [3.05, 3.63) is 58.6 Å². The third kappa shape index (κ3) is 10.8. The second-order valence-corrected chi connectivity index (χ2v) is 20.0.